The maximum absolute atomic E-state index is 13.1. The van der Waals surface area contributed by atoms with Gasteiger partial charge in [0.1, 0.15) is 0 Å². The van der Waals surface area contributed by atoms with Crippen molar-refractivity contribution in [1.82, 2.24) is 4.90 Å². The van der Waals surface area contributed by atoms with Crippen LogP contribution in [0.5, 0.6) is 0 Å². The summed E-state index contributed by atoms with van der Waals surface area (Å²) in [5.41, 5.74) is 4.62. The Labute approximate surface area is 166 Å². The number of urea groups is 1. The predicted octanol–water partition coefficient (Wildman–Crippen LogP) is 4.22. The Bertz CT molecular complexity index is 881. The van der Waals surface area contributed by atoms with E-state index >= 15 is 0 Å². The highest BCUT2D eigenvalue weighted by molar-refractivity contribution is 5.94. The number of nitrogens with zero attached hydrogens (tertiary/aromatic N) is 2. The first kappa shape index (κ1) is 19.7. The maximum Gasteiger partial charge on any atom is 0.322 e. The zero-order valence-electron chi connectivity index (χ0n) is 17.0. The van der Waals surface area contributed by atoms with Crippen LogP contribution in [-0.2, 0) is 11.3 Å². The van der Waals surface area contributed by atoms with Gasteiger partial charge in [-0.2, -0.15) is 0 Å². The number of benzene rings is 2. The third-order valence-corrected chi connectivity index (χ3v) is 5.16. The second-order valence-electron chi connectivity index (χ2n) is 7.35. The summed E-state index contributed by atoms with van der Waals surface area (Å²) in [7, 11) is 2.06. The number of hydrogen-bond donors (Lipinski definition) is 2. The van der Waals surface area contributed by atoms with Crippen LogP contribution in [0, 0.1) is 6.92 Å². The van der Waals surface area contributed by atoms with Gasteiger partial charge >= 0.3 is 6.03 Å². The van der Waals surface area contributed by atoms with Gasteiger partial charge in [-0.05, 0) is 43.2 Å². The van der Waals surface area contributed by atoms with Crippen molar-refractivity contribution in [3.63, 3.8) is 0 Å². The molecule has 1 aliphatic heterocycles. The Balaban J connectivity index is 1.81. The molecule has 1 heterocycles. The number of fused-ring (bicyclic) bond motifs is 1. The van der Waals surface area contributed by atoms with Gasteiger partial charge in [-0.1, -0.05) is 31.2 Å². The van der Waals surface area contributed by atoms with Crippen molar-refractivity contribution in [1.29, 1.82) is 0 Å². The molecule has 0 spiro atoms. The quantitative estimate of drug-likeness (QED) is 0.838. The Hall–Kier alpha value is -3.02. The highest BCUT2D eigenvalue weighted by Gasteiger charge is 2.27. The number of aryl methyl sites for hydroxylation is 1. The van der Waals surface area contributed by atoms with Crippen LogP contribution < -0.4 is 15.5 Å². The average molecular weight is 380 g/mol. The minimum atomic E-state index is -0.139. The zero-order chi connectivity index (χ0) is 20.3. The van der Waals surface area contributed by atoms with E-state index in [9.17, 15) is 9.59 Å². The molecule has 6 nitrogen and oxygen atoms in total. The van der Waals surface area contributed by atoms with Gasteiger partial charge in [-0.15, -0.1) is 0 Å². The van der Waals surface area contributed by atoms with E-state index in [2.05, 4.69) is 41.6 Å². The smallest absolute Gasteiger partial charge is 0.322 e. The summed E-state index contributed by atoms with van der Waals surface area (Å²) < 4.78 is 0. The molecule has 0 aromatic heterocycles. The average Bonchev–Trinajstić information content (AvgIpc) is 2.80. The van der Waals surface area contributed by atoms with Gasteiger partial charge in [0, 0.05) is 49.7 Å². The van der Waals surface area contributed by atoms with Crippen LogP contribution >= 0.6 is 0 Å². The summed E-state index contributed by atoms with van der Waals surface area (Å²) in [6.45, 7) is 7.12. The standard InChI is InChI=1S/C22H28N4O2/c1-5-21(27)23-18-11-10-15(2)19(12-18)24-22(28)26-14-17-8-6-7-9-20(17)25(4)13-16(26)3/h6-12,16H,5,13-14H2,1-4H3,(H,23,27)(H,24,28)/t16-/m0/s1. The summed E-state index contributed by atoms with van der Waals surface area (Å²) in [5, 5.41) is 5.87. The number of carbonyl (C=O) groups excluding carboxylic acids is 2. The summed E-state index contributed by atoms with van der Waals surface area (Å²) >= 11 is 0. The lowest BCUT2D eigenvalue weighted by molar-refractivity contribution is -0.115. The monoisotopic (exact) mass is 380 g/mol. The molecular formula is C22H28N4O2. The molecule has 6 heteroatoms. The largest absolute Gasteiger partial charge is 0.372 e. The van der Waals surface area contributed by atoms with Gasteiger partial charge < -0.3 is 20.4 Å². The van der Waals surface area contributed by atoms with Crippen molar-refractivity contribution < 1.29 is 9.59 Å². The molecular weight excluding hydrogens is 352 g/mol. The topological polar surface area (TPSA) is 64.7 Å². The fourth-order valence-corrected chi connectivity index (χ4v) is 3.49. The zero-order valence-corrected chi connectivity index (χ0v) is 17.0. The van der Waals surface area contributed by atoms with E-state index in [0.717, 1.165) is 23.4 Å². The van der Waals surface area contributed by atoms with Crippen molar-refractivity contribution in [2.24, 2.45) is 0 Å². The molecule has 3 rings (SSSR count). The first-order valence-corrected chi connectivity index (χ1v) is 9.66. The number of carbonyl (C=O) groups is 2. The van der Waals surface area contributed by atoms with Crippen molar-refractivity contribution in [2.75, 3.05) is 29.1 Å². The summed E-state index contributed by atoms with van der Waals surface area (Å²) in [6, 6.07) is 13.7. The van der Waals surface area contributed by atoms with Gasteiger partial charge in [-0.3, -0.25) is 4.79 Å². The molecule has 0 fully saturated rings. The van der Waals surface area contributed by atoms with Crippen molar-refractivity contribution in [3.8, 4) is 0 Å². The lowest BCUT2D eigenvalue weighted by Crippen LogP contribution is -2.44. The Morgan fingerprint density at radius 3 is 2.64 bits per heavy atom. The second kappa shape index (κ2) is 8.33. The second-order valence-corrected chi connectivity index (χ2v) is 7.35. The van der Waals surface area contributed by atoms with Crippen LogP contribution in [0.1, 0.15) is 31.4 Å². The Morgan fingerprint density at radius 2 is 1.89 bits per heavy atom. The molecule has 3 amide bonds. The van der Waals surface area contributed by atoms with E-state index < -0.39 is 0 Å². The highest BCUT2D eigenvalue weighted by atomic mass is 16.2. The summed E-state index contributed by atoms with van der Waals surface area (Å²) in [5.74, 6) is -0.0538. The normalized spacial score (nSPS) is 16.2. The molecule has 2 aromatic carbocycles. The molecule has 2 N–H and O–H groups in total. The minimum absolute atomic E-state index is 0.0538. The van der Waals surface area contributed by atoms with Crippen LogP contribution in [0.25, 0.3) is 0 Å². The summed E-state index contributed by atoms with van der Waals surface area (Å²) in [4.78, 5) is 28.8. The molecule has 0 unspecified atom stereocenters. The van der Waals surface area contributed by atoms with E-state index in [-0.39, 0.29) is 18.0 Å². The van der Waals surface area contributed by atoms with Crippen LogP contribution in [0.15, 0.2) is 42.5 Å². The number of likely N-dealkylation sites (N-methyl/N-ethyl adjacent to an activating group) is 1. The molecule has 2 aromatic rings. The first-order chi connectivity index (χ1) is 13.4. The van der Waals surface area contributed by atoms with Crippen LogP contribution in [-0.4, -0.2) is 36.5 Å². The van der Waals surface area contributed by atoms with Gasteiger partial charge in [0.05, 0.1) is 0 Å². The number of nitrogens with one attached hydrogen (secondary N) is 2. The third kappa shape index (κ3) is 4.27. The highest BCUT2D eigenvalue weighted by Crippen LogP contribution is 2.27. The van der Waals surface area contributed by atoms with Gasteiger partial charge in [0.25, 0.3) is 0 Å². The van der Waals surface area contributed by atoms with E-state index in [4.69, 9.17) is 0 Å². The predicted molar refractivity (Wildman–Crippen MR) is 114 cm³/mol. The van der Waals surface area contributed by atoms with E-state index in [1.165, 1.54) is 0 Å². The molecule has 1 aliphatic rings. The molecule has 148 valence electrons. The molecule has 1 atom stereocenters. The fraction of sp³-hybridized carbons (Fsp3) is 0.364. The SMILES string of the molecule is CCC(=O)Nc1ccc(C)c(NC(=O)N2Cc3ccccc3N(C)C[C@@H]2C)c1. The lowest BCUT2D eigenvalue weighted by atomic mass is 10.1. The number of rotatable bonds is 3. The maximum atomic E-state index is 13.1. The minimum Gasteiger partial charge on any atom is -0.372 e. The van der Waals surface area contributed by atoms with Crippen LogP contribution in [0.3, 0.4) is 0 Å². The molecule has 0 bridgehead atoms. The lowest BCUT2D eigenvalue weighted by Gasteiger charge is -2.29. The van der Waals surface area contributed by atoms with Crippen molar-refractivity contribution in [3.05, 3.63) is 53.6 Å². The molecule has 0 aliphatic carbocycles. The number of para-hydroxylation sites is 1. The number of amides is 3. The Kier molecular flexibility index (Phi) is 5.87. The van der Waals surface area contributed by atoms with Crippen LogP contribution in [0.4, 0.5) is 21.9 Å². The van der Waals surface area contributed by atoms with Crippen molar-refractivity contribution >= 4 is 29.0 Å². The number of hydrogen-bond acceptors (Lipinski definition) is 3. The summed E-state index contributed by atoms with van der Waals surface area (Å²) in [6.07, 6.45) is 0.411. The molecule has 0 radical (unpaired) electrons. The van der Waals surface area contributed by atoms with Crippen LogP contribution in [0.2, 0.25) is 0 Å². The molecule has 28 heavy (non-hydrogen) atoms. The Morgan fingerprint density at radius 1 is 1.14 bits per heavy atom. The van der Waals surface area contributed by atoms with Crippen molar-refractivity contribution in [2.45, 2.75) is 39.8 Å². The fourth-order valence-electron chi connectivity index (χ4n) is 3.49. The van der Waals surface area contributed by atoms with Gasteiger partial charge in [0.2, 0.25) is 5.91 Å². The number of anilines is 3. The van der Waals surface area contributed by atoms with E-state index in [1.807, 2.05) is 49.1 Å². The molecule has 0 saturated heterocycles. The van der Waals surface area contributed by atoms with Gasteiger partial charge in [-0.25, -0.2) is 4.79 Å². The van der Waals surface area contributed by atoms with E-state index in [0.29, 0.717) is 24.3 Å². The third-order valence-electron chi connectivity index (χ3n) is 5.16. The van der Waals surface area contributed by atoms with E-state index in [1.54, 1.807) is 0 Å². The first-order valence-electron chi connectivity index (χ1n) is 9.66. The van der Waals surface area contributed by atoms with Gasteiger partial charge in [0.15, 0.2) is 0 Å². The molecule has 0 saturated carbocycles.